The van der Waals surface area contributed by atoms with Gasteiger partial charge in [-0.1, -0.05) is 18.2 Å². The van der Waals surface area contributed by atoms with Crippen molar-refractivity contribution in [1.29, 1.82) is 0 Å². The van der Waals surface area contributed by atoms with Gasteiger partial charge in [0.1, 0.15) is 5.82 Å². The summed E-state index contributed by atoms with van der Waals surface area (Å²) in [5, 5.41) is 6.43. The first kappa shape index (κ1) is 19.6. The molecule has 5 rings (SSSR count). The first-order chi connectivity index (χ1) is 15.2. The smallest absolute Gasteiger partial charge is 0.229 e. The third kappa shape index (κ3) is 3.99. The summed E-state index contributed by atoms with van der Waals surface area (Å²) in [6.07, 6.45) is 4.35. The van der Waals surface area contributed by atoms with Gasteiger partial charge in [-0.3, -0.25) is 14.8 Å². The largest absolute Gasteiger partial charge is 0.326 e. The van der Waals surface area contributed by atoms with Crippen molar-refractivity contribution in [1.82, 2.24) is 10.3 Å². The van der Waals surface area contributed by atoms with Crippen molar-refractivity contribution in [3.05, 3.63) is 95.1 Å². The number of rotatable bonds is 4. The van der Waals surface area contributed by atoms with Crippen molar-refractivity contribution < 1.29 is 9.18 Å². The molecule has 156 valence electrons. The third-order valence-electron chi connectivity index (χ3n) is 6.11. The summed E-state index contributed by atoms with van der Waals surface area (Å²) >= 11 is 0. The maximum atomic E-state index is 13.4. The van der Waals surface area contributed by atoms with Crippen molar-refractivity contribution in [3.8, 4) is 0 Å². The van der Waals surface area contributed by atoms with Gasteiger partial charge in [0.05, 0.1) is 18.2 Å². The molecule has 0 saturated carbocycles. The highest BCUT2D eigenvalue weighted by Crippen LogP contribution is 2.32. The number of fused-ring (bicyclic) bond motifs is 1. The summed E-state index contributed by atoms with van der Waals surface area (Å²) in [6, 6.07) is 16.4. The Morgan fingerprint density at radius 1 is 1.06 bits per heavy atom. The zero-order valence-corrected chi connectivity index (χ0v) is 17.0. The number of nitrogens with one attached hydrogen (secondary N) is 2. The van der Waals surface area contributed by atoms with Crippen LogP contribution in [0.5, 0.6) is 0 Å². The van der Waals surface area contributed by atoms with Gasteiger partial charge in [-0.25, -0.2) is 4.39 Å². The van der Waals surface area contributed by atoms with Gasteiger partial charge < -0.3 is 10.6 Å². The van der Waals surface area contributed by atoms with Crippen LogP contribution in [0.15, 0.2) is 72.0 Å². The van der Waals surface area contributed by atoms with E-state index in [1.165, 1.54) is 12.1 Å². The number of aromatic nitrogens is 1. The van der Waals surface area contributed by atoms with Gasteiger partial charge in [-0.15, -0.1) is 0 Å². The number of amides is 1. The summed E-state index contributed by atoms with van der Waals surface area (Å²) in [5.74, 6) is -0.448. The quantitative estimate of drug-likeness (QED) is 0.680. The Morgan fingerprint density at radius 3 is 2.68 bits per heavy atom. The molecule has 3 aromatic rings. The summed E-state index contributed by atoms with van der Waals surface area (Å²) in [7, 11) is 0. The topological polar surface area (TPSA) is 66.4 Å². The lowest BCUT2D eigenvalue weighted by Gasteiger charge is -2.31. The van der Waals surface area contributed by atoms with Gasteiger partial charge >= 0.3 is 0 Å². The lowest BCUT2D eigenvalue weighted by molar-refractivity contribution is -0.120. The predicted molar refractivity (Wildman–Crippen MR) is 119 cm³/mol. The van der Waals surface area contributed by atoms with Crippen LogP contribution in [0.1, 0.15) is 34.6 Å². The highest BCUT2D eigenvalue weighted by Gasteiger charge is 2.32. The maximum absolute atomic E-state index is 13.4. The van der Waals surface area contributed by atoms with Crippen LogP contribution in [0.3, 0.4) is 0 Å². The zero-order valence-electron chi connectivity index (χ0n) is 17.0. The molecular weight excluding hydrogens is 391 g/mol. The van der Waals surface area contributed by atoms with E-state index in [9.17, 15) is 9.18 Å². The number of anilines is 1. The van der Waals surface area contributed by atoms with Crippen molar-refractivity contribution in [2.45, 2.75) is 18.9 Å². The van der Waals surface area contributed by atoms with E-state index in [2.05, 4.69) is 20.6 Å². The molecule has 2 unspecified atom stereocenters. The Labute approximate surface area is 180 Å². The molecule has 0 radical (unpaired) electrons. The average molecular weight is 414 g/mol. The number of benzene rings is 2. The number of piperidine rings is 1. The molecular formula is C25H23FN4O. The van der Waals surface area contributed by atoms with E-state index in [1.54, 1.807) is 24.5 Å². The fraction of sp³-hybridized carbons (Fsp3) is 0.240. The number of carbonyl (C=O) groups excluding carboxylic acids is 1. The molecule has 0 bridgehead atoms. The Bertz CT molecular complexity index is 1130. The van der Waals surface area contributed by atoms with E-state index in [4.69, 9.17) is 0 Å². The highest BCUT2D eigenvalue weighted by molar-refractivity contribution is 6.15. The molecule has 2 aromatic carbocycles. The van der Waals surface area contributed by atoms with Crippen LogP contribution in [0.2, 0.25) is 0 Å². The minimum atomic E-state index is -0.261. The zero-order chi connectivity index (χ0) is 21.2. The lowest BCUT2D eigenvalue weighted by Crippen LogP contribution is -2.42. The second-order valence-corrected chi connectivity index (χ2v) is 8.02. The standard InChI is InChI=1S/C25H23FN4O/c26-19-4-1-16(2-5-19)21-9-12-28-15-23(21)25(31)30-20-6-3-18-14-29-24(22(18)13-20)17-7-10-27-11-8-17/h1-8,10-11,13,21,23,28H,9,12,14-15H2,(H,30,31). The van der Waals surface area contributed by atoms with E-state index in [-0.39, 0.29) is 23.6 Å². The van der Waals surface area contributed by atoms with Crippen molar-refractivity contribution in [2.24, 2.45) is 10.9 Å². The molecule has 2 aliphatic rings. The lowest BCUT2D eigenvalue weighted by atomic mass is 9.80. The van der Waals surface area contributed by atoms with Crippen molar-refractivity contribution >= 4 is 17.3 Å². The van der Waals surface area contributed by atoms with Crippen LogP contribution in [-0.4, -0.2) is 29.7 Å². The Morgan fingerprint density at radius 2 is 1.87 bits per heavy atom. The minimum absolute atomic E-state index is 0.0260. The fourth-order valence-electron chi connectivity index (χ4n) is 4.50. The van der Waals surface area contributed by atoms with Gasteiger partial charge in [0.2, 0.25) is 5.91 Å². The number of aliphatic imine (C=N–C) groups is 1. The number of halogens is 1. The molecule has 2 atom stereocenters. The second kappa shape index (κ2) is 8.40. The van der Waals surface area contributed by atoms with Crippen molar-refractivity contribution in [3.63, 3.8) is 0 Å². The number of hydrogen-bond acceptors (Lipinski definition) is 4. The fourth-order valence-corrected chi connectivity index (χ4v) is 4.50. The normalized spacial score (nSPS) is 20.1. The van der Waals surface area contributed by atoms with Crippen LogP contribution in [0.25, 0.3) is 0 Å². The molecule has 31 heavy (non-hydrogen) atoms. The number of carbonyl (C=O) groups is 1. The third-order valence-corrected chi connectivity index (χ3v) is 6.11. The van der Waals surface area contributed by atoms with Crippen LogP contribution in [0, 0.1) is 11.7 Å². The van der Waals surface area contributed by atoms with Gasteiger partial charge in [0.25, 0.3) is 0 Å². The second-order valence-electron chi connectivity index (χ2n) is 8.02. The summed E-state index contributed by atoms with van der Waals surface area (Å²) in [4.78, 5) is 22.0. The average Bonchev–Trinajstić information content (AvgIpc) is 3.23. The summed E-state index contributed by atoms with van der Waals surface area (Å²) < 4.78 is 13.4. The molecule has 1 amide bonds. The van der Waals surface area contributed by atoms with Crippen LogP contribution < -0.4 is 10.6 Å². The molecule has 0 spiro atoms. The Balaban J connectivity index is 1.37. The molecule has 1 fully saturated rings. The van der Waals surface area contributed by atoms with E-state index in [0.717, 1.165) is 46.6 Å². The molecule has 5 nitrogen and oxygen atoms in total. The first-order valence-electron chi connectivity index (χ1n) is 10.5. The maximum Gasteiger partial charge on any atom is 0.229 e. The molecule has 3 heterocycles. The van der Waals surface area contributed by atoms with E-state index in [0.29, 0.717) is 13.1 Å². The van der Waals surface area contributed by atoms with Crippen LogP contribution >= 0.6 is 0 Å². The number of pyridine rings is 1. The first-order valence-corrected chi connectivity index (χ1v) is 10.5. The van der Waals surface area contributed by atoms with E-state index in [1.807, 2.05) is 30.3 Å². The van der Waals surface area contributed by atoms with Crippen molar-refractivity contribution in [2.75, 3.05) is 18.4 Å². The number of nitrogens with zero attached hydrogens (tertiary/aromatic N) is 2. The van der Waals surface area contributed by atoms with E-state index < -0.39 is 0 Å². The van der Waals surface area contributed by atoms with Gasteiger partial charge in [-0.05, 0) is 66.4 Å². The van der Waals surface area contributed by atoms with Gasteiger partial charge in [-0.2, -0.15) is 0 Å². The molecule has 2 N–H and O–H groups in total. The monoisotopic (exact) mass is 414 g/mol. The predicted octanol–water partition coefficient (Wildman–Crippen LogP) is 3.90. The highest BCUT2D eigenvalue weighted by atomic mass is 19.1. The van der Waals surface area contributed by atoms with Gasteiger partial charge in [0, 0.05) is 35.8 Å². The number of hydrogen-bond donors (Lipinski definition) is 2. The van der Waals surface area contributed by atoms with Crippen LogP contribution in [0.4, 0.5) is 10.1 Å². The summed E-state index contributed by atoms with van der Waals surface area (Å²) in [5.41, 5.74) is 5.90. The minimum Gasteiger partial charge on any atom is -0.326 e. The van der Waals surface area contributed by atoms with E-state index >= 15 is 0 Å². The van der Waals surface area contributed by atoms with Crippen LogP contribution in [-0.2, 0) is 11.3 Å². The molecule has 1 saturated heterocycles. The Kier molecular flexibility index (Phi) is 5.30. The van der Waals surface area contributed by atoms with Gasteiger partial charge in [0.15, 0.2) is 0 Å². The molecule has 0 aliphatic carbocycles. The Hall–Kier alpha value is -3.38. The summed E-state index contributed by atoms with van der Waals surface area (Å²) in [6.45, 7) is 2.08. The molecule has 2 aliphatic heterocycles. The molecule has 1 aromatic heterocycles. The SMILES string of the molecule is O=C(Nc1ccc2c(c1)C(c1ccncc1)=NC2)C1CNCCC1c1ccc(F)cc1. The molecule has 6 heteroatoms.